The van der Waals surface area contributed by atoms with Gasteiger partial charge in [0.05, 0.1) is 12.7 Å². The Labute approximate surface area is 116 Å². The molecule has 1 aromatic carbocycles. The average Bonchev–Trinajstić information content (AvgIpc) is 2.42. The third-order valence-electron chi connectivity index (χ3n) is 3.91. The highest BCUT2D eigenvalue weighted by Gasteiger charge is 2.22. The number of hydrogen-bond acceptors (Lipinski definition) is 3. The van der Waals surface area contributed by atoms with Crippen LogP contribution in [0.25, 0.3) is 0 Å². The summed E-state index contributed by atoms with van der Waals surface area (Å²) in [4.78, 5) is 0. The monoisotopic (exact) mass is 263 g/mol. The molecule has 0 radical (unpaired) electrons. The number of rotatable bonds is 6. The first-order valence-corrected chi connectivity index (χ1v) is 7.25. The molecule has 0 saturated heterocycles. The normalized spacial score (nSPS) is 23.5. The van der Waals surface area contributed by atoms with Crippen LogP contribution in [0.3, 0.4) is 0 Å². The molecule has 2 rings (SSSR count). The number of ether oxygens (including phenoxy) is 1. The molecule has 1 aromatic rings. The second kappa shape index (κ2) is 7.63. The van der Waals surface area contributed by atoms with Gasteiger partial charge in [-0.25, -0.2) is 0 Å². The van der Waals surface area contributed by atoms with Crippen molar-refractivity contribution in [2.24, 2.45) is 5.92 Å². The smallest absolute Gasteiger partial charge is 0.0713 e. The zero-order valence-corrected chi connectivity index (χ0v) is 11.8. The summed E-state index contributed by atoms with van der Waals surface area (Å²) in [5, 5.41) is 13.4. The molecule has 0 aromatic heterocycles. The van der Waals surface area contributed by atoms with Crippen LogP contribution in [0.2, 0.25) is 0 Å². The van der Waals surface area contributed by atoms with Crippen molar-refractivity contribution >= 4 is 0 Å². The summed E-state index contributed by atoms with van der Waals surface area (Å²) in [6.45, 7) is 2.44. The van der Waals surface area contributed by atoms with E-state index in [1.165, 1.54) is 24.0 Å². The predicted octanol–water partition coefficient (Wildman–Crippen LogP) is 2.47. The number of benzene rings is 1. The van der Waals surface area contributed by atoms with E-state index in [-0.39, 0.29) is 6.10 Å². The van der Waals surface area contributed by atoms with E-state index in [1.807, 2.05) is 0 Å². The van der Waals surface area contributed by atoms with Crippen molar-refractivity contribution in [1.29, 1.82) is 0 Å². The molecule has 1 aliphatic rings. The van der Waals surface area contributed by atoms with Gasteiger partial charge in [-0.2, -0.15) is 0 Å². The van der Waals surface area contributed by atoms with E-state index < -0.39 is 0 Å². The molecule has 0 aliphatic heterocycles. The Morgan fingerprint density at radius 3 is 2.84 bits per heavy atom. The number of nitrogens with one attached hydrogen (secondary N) is 1. The summed E-state index contributed by atoms with van der Waals surface area (Å²) >= 11 is 0. The minimum atomic E-state index is -0.110. The Morgan fingerprint density at radius 1 is 1.26 bits per heavy atom. The lowest BCUT2D eigenvalue weighted by molar-refractivity contribution is 0.0695. The third kappa shape index (κ3) is 4.60. The predicted molar refractivity (Wildman–Crippen MR) is 76.8 cm³/mol. The van der Waals surface area contributed by atoms with E-state index in [0.717, 1.165) is 25.9 Å². The third-order valence-corrected chi connectivity index (χ3v) is 3.91. The molecule has 3 heteroatoms. The van der Waals surface area contributed by atoms with Gasteiger partial charge in [0, 0.05) is 20.2 Å². The van der Waals surface area contributed by atoms with Crippen molar-refractivity contribution in [3.8, 4) is 0 Å². The molecular weight excluding hydrogens is 238 g/mol. The van der Waals surface area contributed by atoms with Crippen molar-refractivity contribution in [2.75, 3.05) is 13.7 Å². The van der Waals surface area contributed by atoms with Gasteiger partial charge in [0.15, 0.2) is 0 Å². The maximum atomic E-state index is 9.92. The highest BCUT2D eigenvalue weighted by Crippen LogP contribution is 2.23. The van der Waals surface area contributed by atoms with Crippen molar-refractivity contribution < 1.29 is 9.84 Å². The van der Waals surface area contributed by atoms with Crippen LogP contribution in [0, 0.1) is 5.92 Å². The van der Waals surface area contributed by atoms with Crippen LogP contribution in [0.4, 0.5) is 0 Å². The lowest BCUT2D eigenvalue weighted by atomic mass is 9.86. The first-order chi connectivity index (χ1) is 9.29. The zero-order chi connectivity index (χ0) is 13.5. The van der Waals surface area contributed by atoms with Gasteiger partial charge in [-0.05, 0) is 29.9 Å². The first-order valence-electron chi connectivity index (χ1n) is 7.25. The lowest BCUT2D eigenvalue weighted by Crippen LogP contribution is -2.33. The second-order valence-corrected chi connectivity index (χ2v) is 5.50. The molecule has 1 aliphatic carbocycles. The molecule has 0 heterocycles. The minimum Gasteiger partial charge on any atom is -0.393 e. The maximum absolute atomic E-state index is 9.92. The first kappa shape index (κ1) is 14.5. The molecule has 2 N–H and O–H groups in total. The molecule has 2 atom stereocenters. The van der Waals surface area contributed by atoms with E-state index in [9.17, 15) is 5.11 Å². The van der Waals surface area contributed by atoms with E-state index in [0.29, 0.717) is 12.5 Å². The summed E-state index contributed by atoms with van der Waals surface area (Å²) in [5.41, 5.74) is 2.49. The van der Waals surface area contributed by atoms with E-state index in [2.05, 4.69) is 29.6 Å². The lowest BCUT2D eigenvalue weighted by Gasteiger charge is -2.27. The number of aliphatic hydroxyl groups is 1. The Morgan fingerprint density at radius 2 is 2.05 bits per heavy atom. The summed E-state index contributed by atoms with van der Waals surface area (Å²) in [7, 11) is 1.72. The second-order valence-electron chi connectivity index (χ2n) is 5.50. The van der Waals surface area contributed by atoms with Crippen LogP contribution < -0.4 is 5.32 Å². The standard InChI is InChI=1S/C16H25NO2/c1-19-12-14-6-4-5-13(9-14)10-17-11-15-7-2-3-8-16(15)18/h4-6,9,15-18H,2-3,7-8,10-12H2,1H3. The van der Waals surface area contributed by atoms with Gasteiger partial charge in [0.1, 0.15) is 0 Å². The van der Waals surface area contributed by atoms with Gasteiger partial charge < -0.3 is 15.2 Å². The molecule has 19 heavy (non-hydrogen) atoms. The van der Waals surface area contributed by atoms with Gasteiger partial charge in [-0.3, -0.25) is 0 Å². The Balaban J connectivity index is 1.77. The summed E-state index contributed by atoms with van der Waals surface area (Å²) < 4.78 is 5.14. The molecule has 2 unspecified atom stereocenters. The molecular formula is C16H25NO2. The van der Waals surface area contributed by atoms with Crippen LogP contribution in [0.1, 0.15) is 36.8 Å². The fourth-order valence-corrected chi connectivity index (χ4v) is 2.82. The Bertz CT molecular complexity index is 381. The molecule has 1 fully saturated rings. The molecule has 3 nitrogen and oxygen atoms in total. The fraction of sp³-hybridized carbons (Fsp3) is 0.625. The number of methoxy groups -OCH3 is 1. The Kier molecular flexibility index (Phi) is 5.83. The topological polar surface area (TPSA) is 41.5 Å². The Hall–Kier alpha value is -0.900. The largest absolute Gasteiger partial charge is 0.393 e. The van der Waals surface area contributed by atoms with Crippen LogP contribution in [0.5, 0.6) is 0 Å². The van der Waals surface area contributed by atoms with Gasteiger partial charge in [0.2, 0.25) is 0 Å². The van der Waals surface area contributed by atoms with E-state index >= 15 is 0 Å². The van der Waals surface area contributed by atoms with Gasteiger partial charge in [-0.15, -0.1) is 0 Å². The van der Waals surface area contributed by atoms with E-state index in [4.69, 9.17) is 4.74 Å². The quantitative estimate of drug-likeness (QED) is 0.828. The summed E-state index contributed by atoms with van der Waals surface area (Å²) in [6, 6.07) is 8.45. The fourth-order valence-electron chi connectivity index (χ4n) is 2.82. The number of aliphatic hydroxyl groups excluding tert-OH is 1. The SMILES string of the molecule is COCc1cccc(CNCC2CCCCC2O)c1. The van der Waals surface area contributed by atoms with Crippen molar-refractivity contribution in [2.45, 2.75) is 44.9 Å². The molecule has 106 valence electrons. The van der Waals surface area contributed by atoms with Crippen LogP contribution in [-0.4, -0.2) is 24.9 Å². The molecule has 0 bridgehead atoms. The van der Waals surface area contributed by atoms with E-state index in [1.54, 1.807) is 7.11 Å². The van der Waals surface area contributed by atoms with Gasteiger partial charge in [-0.1, -0.05) is 37.1 Å². The summed E-state index contributed by atoms with van der Waals surface area (Å²) in [5.74, 6) is 0.427. The zero-order valence-electron chi connectivity index (χ0n) is 11.8. The molecule has 0 amide bonds. The van der Waals surface area contributed by atoms with Crippen molar-refractivity contribution in [3.05, 3.63) is 35.4 Å². The molecule has 0 spiro atoms. The van der Waals surface area contributed by atoms with Crippen molar-refractivity contribution in [1.82, 2.24) is 5.32 Å². The van der Waals surface area contributed by atoms with Crippen LogP contribution in [0.15, 0.2) is 24.3 Å². The summed E-state index contributed by atoms with van der Waals surface area (Å²) in [6.07, 6.45) is 4.44. The molecule has 1 saturated carbocycles. The highest BCUT2D eigenvalue weighted by atomic mass is 16.5. The minimum absolute atomic E-state index is 0.110. The van der Waals surface area contributed by atoms with Crippen LogP contribution >= 0.6 is 0 Å². The number of hydrogen-bond donors (Lipinski definition) is 2. The van der Waals surface area contributed by atoms with Crippen molar-refractivity contribution in [3.63, 3.8) is 0 Å². The van der Waals surface area contributed by atoms with Gasteiger partial charge in [0.25, 0.3) is 0 Å². The van der Waals surface area contributed by atoms with Crippen LogP contribution in [-0.2, 0) is 17.9 Å². The highest BCUT2D eigenvalue weighted by molar-refractivity contribution is 5.22. The average molecular weight is 263 g/mol. The maximum Gasteiger partial charge on any atom is 0.0713 e. The van der Waals surface area contributed by atoms with Gasteiger partial charge >= 0.3 is 0 Å².